The zero-order valence-corrected chi connectivity index (χ0v) is 15.4. The van der Waals surface area contributed by atoms with Crippen LogP contribution in [0.2, 0.25) is 5.02 Å². The van der Waals surface area contributed by atoms with E-state index >= 15 is 0 Å². The number of hydrogen-bond acceptors (Lipinski definition) is 4. The van der Waals surface area contributed by atoms with Gasteiger partial charge in [-0.05, 0) is 49.4 Å². The van der Waals surface area contributed by atoms with Crippen LogP contribution in [-0.2, 0) is 4.74 Å². The lowest BCUT2D eigenvalue weighted by atomic mass is 10.0. The fourth-order valence-electron chi connectivity index (χ4n) is 4.49. The maximum atomic E-state index is 6.18. The molecule has 0 spiro atoms. The van der Waals surface area contributed by atoms with Gasteiger partial charge in [-0.15, -0.1) is 0 Å². The first kappa shape index (κ1) is 15.9. The van der Waals surface area contributed by atoms with Crippen LogP contribution < -0.4 is 4.90 Å². The Morgan fingerprint density at radius 3 is 2.88 bits per heavy atom. The van der Waals surface area contributed by atoms with Crippen molar-refractivity contribution in [1.29, 1.82) is 0 Å². The monoisotopic (exact) mass is 357 g/mol. The van der Waals surface area contributed by atoms with Crippen LogP contribution in [0, 0.1) is 12.8 Å². The van der Waals surface area contributed by atoms with Crippen LogP contribution in [-0.4, -0.2) is 54.8 Å². The summed E-state index contributed by atoms with van der Waals surface area (Å²) in [5.74, 6) is 1.94. The van der Waals surface area contributed by atoms with Crippen molar-refractivity contribution in [3.63, 3.8) is 0 Å². The Morgan fingerprint density at radius 2 is 2.04 bits per heavy atom. The normalized spacial score (nSPS) is 27.5. The smallest absolute Gasteiger partial charge is 0.129 e. The van der Waals surface area contributed by atoms with Gasteiger partial charge in [0.1, 0.15) is 5.82 Å². The largest absolute Gasteiger partial charge is 0.378 e. The molecule has 132 valence electrons. The predicted molar refractivity (Wildman–Crippen MR) is 102 cm³/mol. The second-order valence-electron chi connectivity index (χ2n) is 7.74. The molecule has 0 N–H and O–H groups in total. The minimum Gasteiger partial charge on any atom is -0.378 e. The highest BCUT2D eigenvalue weighted by atomic mass is 35.5. The van der Waals surface area contributed by atoms with E-state index in [1.165, 1.54) is 23.8 Å². The molecule has 1 saturated carbocycles. The summed E-state index contributed by atoms with van der Waals surface area (Å²) in [6.07, 6.45) is 2.76. The highest BCUT2D eigenvalue weighted by Gasteiger charge is 2.43. The highest BCUT2D eigenvalue weighted by molar-refractivity contribution is 6.31. The van der Waals surface area contributed by atoms with Crippen LogP contribution >= 0.6 is 11.6 Å². The van der Waals surface area contributed by atoms with Crippen LogP contribution in [0.5, 0.6) is 0 Å². The molecule has 2 aliphatic heterocycles. The Morgan fingerprint density at radius 1 is 1.16 bits per heavy atom. The molecule has 0 amide bonds. The van der Waals surface area contributed by atoms with Gasteiger partial charge in [0, 0.05) is 36.1 Å². The lowest BCUT2D eigenvalue weighted by molar-refractivity contribution is -0.0603. The average Bonchev–Trinajstić information content (AvgIpc) is 3.45. The van der Waals surface area contributed by atoms with Gasteiger partial charge in [-0.1, -0.05) is 17.7 Å². The van der Waals surface area contributed by atoms with Gasteiger partial charge in [0.05, 0.1) is 24.8 Å². The molecule has 2 atom stereocenters. The quantitative estimate of drug-likeness (QED) is 0.822. The van der Waals surface area contributed by atoms with Crippen LogP contribution in [0.15, 0.2) is 24.3 Å². The minimum atomic E-state index is 0.491. The second kappa shape index (κ2) is 6.11. The first-order valence-corrected chi connectivity index (χ1v) is 9.72. The fraction of sp³-hybridized carbons (Fsp3) is 0.550. The SMILES string of the molecule is Cc1cc(N2CCN3[C@@H](COC[C@@H]3C3CC3)C2)nc2cc(Cl)ccc12. The zero-order valence-electron chi connectivity index (χ0n) is 14.6. The number of pyridine rings is 1. The van der Waals surface area contributed by atoms with E-state index in [1.54, 1.807) is 0 Å². The molecule has 5 rings (SSSR count). The molecule has 0 radical (unpaired) electrons. The van der Waals surface area contributed by atoms with Gasteiger partial charge in [0.15, 0.2) is 0 Å². The van der Waals surface area contributed by atoms with E-state index in [0.717, 1.165) is 55.1 Å². The Balaban J connectivity index is 1.41. The summed E-state index contributed by atoms with van der Waals surface area (Å²) in [5, 5.41) is 1.93. The number of rotatable bonds is 2. The number of aryl methyl sites for hydroxylation is 1. The van der Waals surface area contributed by atoms with Crippen LogP contribution in [0.25, 0.3) is 10.9 Å². The Hall–Kier alpha value is -1.36. The second-order valence-corrected chi connectivity index (χ2v) is 8.18. The molecule has 4 nitrogen and oxygen atoms in total. The molecule has 2 saturated heterocycles. The molecule has 1 aromatic heterocycles. The van der Waals surface area contributed by atoms with Gasteiger partial charge >= 0.3 is 0 Å². The third kappa shape index (κ3) is 2.90. The molecule has 25 heavy (non-hydrogen) atoms. The van der Waals surface area contributed by atoms with E-state index in [9.17, 15) is 0 Å². The maximum absolute atomic E-state index is 6.18. The van der Waals surface area contributed by atoms with E-state index < -0.39 is 0 Å². The van der Waals surface area contributed by atoms with E-state index in [0.29, 0.717) is 12.1 Å². The number of benzene rings is 1. The van der Waals surface area contributed by atoms with Gasteiger partial charge in [-0.3, -0.25) is 4.90 Å². The van der Waals surface area contributed by atoms with Crippen molar-refractivity contribution < 1.29 is 4.74 Å². The van der Waals surface area contributed by atoms with Crippen molar-refractivity contribution in [2.75, 3.05) is 37.7 Å². The summed E-state index contributed by atoms with van der Waals surface area (Å²) >= 11 is 6.18. The molecule has 5 heteroatoms. The van der Waals surface area contributed by atoms with Crippen molar-refractivity contribution in [2.45, 2.75) is 31.8 Å². The van der Waals surface area contributed by atoms with Crippen molar-refractivity contribution in [2.24, 2.45) is 5.92 Å². The summed E-state index contributed by atoms with van der Waals surface area (Å²) in [4.78, 5) is 10.0. The van der Waals surface area contributed by atoms with E-state index in [2.05, 4.69) is 28.9 Å². The lowest BCUT2D eigenvalue weighted by Crippen LogP contribution is -2.62. The van der Waals surface area contributed by atoms with E-state index in [4.69, 9.17) is 21.3 Å². The maximum Gasteiger partial charge on any atom is 0.129 e. The number of hydrogen-bond donors (Lipinski definition) is 0. The predicted octanol–water partition coefficient (Wildman–Crippen LogP) is 3.50. The number of piperazine rings is 1. The van der Waals surface area contributed by atoms with Gasteiger partial charge < -0.3 is 9.64 Å². The zero-order chi connectivity index (χ0) is 17.0. The van der Waals surface area contributed by atoms with E-state index in [-0.39, 0.29) is 0 Å². The number of nitrogens with zero attached hydrogens (tertiary/aromatic N) is 3. The molecule has 1 aromatic carbocycles. The van der Waals surface area contributed by atoms with Gasteiger partial charge in [-0.25, -0.2) is 4.98 Å². The molecule has 0 bridgehead atoms. The highest BCUT2D eigenvalue weighted by Crippen LogP contribution is 2.38. The van der Waals surface area contributed by atoms with Crippen LogP contribution in [0.1, 0.15) is 18.4 Å². The molecular formula is C20H24ClN3O. The number of anilines is 1. The molecule has 3 heterocycles. The standard InChI is InChI=1S/C20H24ClN3O/c1-13-8-20(22-18-9-15(21)4-5-17(13)18)23-6-7-24-16(10-23)11-25-12-19(24)14-2-3-14/h4-5,8-9,14,16,19H,2-3,6-7,10-12H2,1H3/t16-,19-/m1/s1. The first-order valence-electron chi connectivity index (χ1n) is 9.34. The summed E-state index contributed by atoms with van der Waals surface area (Å²) in [6, 6.07) is 9.33. The Bertz CT molecular complexity index is 807. The number of halogens is 1. The minimum absolute atomic E-state index is 0.491. The van der Waals surface area contributed by atoms with Gasteiger partial charge in [-0.2, -0.15) is 0 Å². The number of aromatic nitrogens is 1. The number of morpholine rings is 1. The van der Waals surface area contributed by atoms with Gasteiger partial charge in [0.2, 0.25) is 0 Å². The summed E-state index contributed by atoms with van der Waals surface area (Å²) in [7, 11) is 0. The summed E-state index contributed by atoms with van der Waals surface area (Å²) in [6.45, 7) is 7.08. The molecular weight excluding hydrogens is 334 g/mol. The first-order chi connectivity index (χ1) is 12.2. The Labute approximate surface area is 153 Å². The summed E-state index contributed by atoms with van der Waals surface area (Å²) in [5.41, 5.74) is 2.25. The van der Waals surface area contributed by atoms with Crippen molar-refractivity contribution in [3.05, 3.63) is 34.9 Å². The number of ether oxygens (including phenoxy) is 1. The third-order valence-corrected chi connectivity index (χ3v) is 6.24. The average molecular weight is 358 g/mol. The Kier molecular flexibility index (Phi) is 3.88. The fourth-order valence-corrected chi connectivity index (χ4v) is 4.66. The van der Waals surface area contributed by atoms with Gasteiger partial charge in [0.25, 0.3) is 0 Å². The van der Waals surface area contributed by atoms with Crippen molar-refractivity contribution in [1.82, 2.24) is 9.88 Å². The molecule has 3 aliphatic rings. The van der Waals surface area contributed by atoms with Crippen molar-refractivity contribution >= 4 is 28.3 Å². The molecule has 3 fully saturated rings. The third-order valence-electron chi connectivity index (χ3n) is 6.01. The van der Waals surface area contributed by atoms with E-state index in [1.807, 2.05) is 12.1 Å². The lowest BCUT2D eigenvalue weighted by Gasteiger charge is -2.48. The van der Waals surface area contributed by atoms with Crippen molar-refractivity contribution in [3.8, 4) is 0 Å². The summed E-state index contributed by atoms with van der Waals surface area (Å²) < 4.78 is 5.94. The topological polar surface area (TPSA) is 28.6 Å². The van der Waals surface area contributed by atoms with Crippen LogP contribution in [0.3, 0.4) is 0 Å². The molecule has 2 aromatic rings. The molecule has 1 aliphatic carbocycles. The molecule has 0 unspecified atom stereocenters. The van der Waals surface area contributed by atoms with Crippen LogP contribution in [0.4, 0.5) is 5.82 Å². The number of fused-ring (bicyclic) bond motifs is 2.